The highest BCUT2D eigenvalue weighted by atomic mass is 16.4. The van der Waals surface area contributed by atoms with E-state index in [0.717, 1.165) is 0 Å². The lowest BCUT2D eigenvalue weighted by molar-refractivity contribution is -0.125. The number of nitrogens with one attached hydrogen (secondary N) is 1. The van der Waals surface area contributed by atoms with Crippen LogP contribution in [0.25, 0.3) is 0 Å². The Hall–Kier alpha value is -2.04. The molecular formula is C12H16N2O3. The molecule has 92 valence electrons. The van der Waals surface area contributed by atoms with Gasteiger partial charge in [-0.05, 0) is 26.0 Å². The van der Waals surface area contributed by atoms with E-state index in [2.05, 4.69) is 5.32 Å². The first-order chi connectivity index (χ1) is 7.84. The van der Waals surface area contributed by atoms with Gasteiger partial charge in [-0.1, -0.05) is 12.1 Å². The molecule has 0 aromatic heterocycles. The van der Waals surface area contributed by atoms with Crippen molar-refractivity contribution < 1.29 is 14.7 Å². The van der Waals surface area contributed by atoms with Gasteiger partial charge in [0.15, 0.2) is 0 Å². The Balaban J connectivity index is 2.83. The van der Waals surface area contributed by atoms with Crippen LogP contribution < -0.4 is 11.1 Å². The first-order valence-corrected chi connectivity index (χ1v) is 5.20. The molecule has 4 N–H and O–H groups in total. The first kappa shape index (κ1) is 13.0. The number of amides is 1. The summed E-state index contributed by atoms with van der Waals surface area (Å²) in [5, 5.41) is 11.9. The fourth-order valence-corrected chi connectivity index (χ4v) is 1.23. The maximum atomic E-state index is 11.1. The van der Waals surface area contributed by atoms with Crippen molar-refractivity contribution in [2.24, 2.45) is 11.1 Å². The molecule has 0 radical (unpaired) electrons. The van der Waals surface area contributed by atoms with Crippen LogP contribution in [-0.4, -0.2) is 23.5 Å². The number of anilines is 1. The largest absolute Gasteiger partial charge is 0.478 e. The van der Waals surface area contributed by atoms with Crippen LogP contribution in [0.3, 0.4) is 0 Å². The van der Waals surface area contributed by atoms with Crippen LogP contribution in [0, 0.1) is 5.41 Å². The van der Waals surface area contributed by atoms with Gasteiger partial charge >= 0.3 is 5.97 Å². The number of para-hydroxylation sites is 1. The molecule has 0 fully saturated rings. The Morgan fingerprint density at radius 2 is 1.94 bits per heavy atom. The summed E-state index contributed by atoms with van der Waals surface area (Å²) in [6.45, 7) is 3.68. The molecule has 17 heavy (non-hydrogen) atoms. The molecule has 0 aliphatic carbocycles. The van der Waals surface area contributed by atoms with E-state index in [1.54, 1.807) is 32.0 Å². The van der Waals surface area contributed by atoms with Crippen molar-refractivity contribution in [2.45, 2.75) is 13.8 Å². The third kappa shape index (κ3) is 3.21. The molecule has 0 spiro atoms. The van der Waals surface area contributed by atoms with E-state index < -0.39 is 17.3 Å². The fourth-order valence-electron chi connectivity index (χ4n) is 1.23. The molecule has 1 aromatic rings. The minimum Gasteiger partial charge on any atom is -0.478 e. The molecule has 0 saturated heterocycles. The topological polar surface area (TPSA) is 92.4 Å². The average molecular weight is 236 g/mol. The van der Waals surface area contributed by atoms with E-state index in [9.17, 15) is 9.59 Å². The first-order valence-electron chi connectivity index (χ1n) is 5.20. The van der Waals surface area contributed by atoms with Crippen LogP contribution in [-0.2, 0) is 4.79 Å². The smallest absolute Gasteiger partial charge is 0.337 e. The molecule has 0 aliphatic heterocycles. The number of carbonyl (C=O) groups excluding carboxylic acids is 1. The van der Waals surface area contributed by atoms with Gasteiger partial charge in [-0.25, -0.2) is 4.79 Å². The van der Waals surface area contributed by atoms with Crippen LogP contribution in [0.2, 0.25) is 0 Å². The van der Waals surface area contributed by atoms with Crippen molar-refractivity contribution >= 4 is 17.6 Å². The molecule has 1 rings (SSSR count). The lowest BCUT2D eigenvalue weighted by Crippen LogP contribution is -2.37. The molecule has 0 aliphatic rings. The van der Waals surface area contributed by atoms with E-state index >= 15 is 0 Å². The van der Waals surface area contributed by atoms with Crippen molar-refractivity contribution in [1.29, 1.82) is 0 Å². The zero-order chi connectivity index (χ0) is 13.1. The normalized spacial score (nSPS) is 10.9. The molecule has 0 heterocycles. The Morgan fingerprint density at radius 1 is 1.35 bits per heavy atom. The SMILES string of the molecule is CC(C)(CNc1ccccc1C(=O)O)C(N)=O. The van der Waals surface area contributed by atoms with Crippen LogP contribution in [0.15, 0.2) is 24.3 Å². The standard InChI is InChI=1S/C12H16N2O3/c1-12(2,11(13)17)7-14-9-6-4-3-5-8(9)10(15)16/h3-6,14H,7H2,1-2H3,(H2,13,17)(H,15,16). The van der Waals surface area contributed by atoms with Gasteiger partial charge in [0.2, 0.25) is 5.91 Å². The summed E-state index contributed by atoms with van der Waals surface area (Å²) in [4.78, 5) is 22.1. The summed E-state index contributed by atoms with van der Waals surface area (Å²) in [5.41, 5.74) is 5.16. The van der Waals surface area contributed by atoms with Gasteiger partial charge < -0.3 is 16.2 Å². The maximum absolute atomic E-state index is 11.1. The second-order valence-electron chi connectivity index (χ2n) is 4.45. The van der Waals surface area contributed by atoms with E-state index in [1.807, 2.05) is 0 Å². The highest BCUT2D eigenvalue weighted by Crippen LogP contribution is 2.19. The molecule has 5 heteroatoms. The third-order valence-corrected chi connectivity index (χ3v) is 2.55. The van der Waals surface area contributed by atoms with Gasteiger partial charge in [0, 0.05) is 12.2 Å². The summed E-state index contributed by atoms with van der Waals surface area (Å²) in [7, 11) is 0. The monoisotopic (exact) mass is 236 g/mol. The van der Waals surface area contributed by atoms with E-state index in [0.29, 0.717) is 5.69 Å². The van der Waals surface area contributed by atoms with Crippen molar-refractivity contribution in [3.63, 3.8) is 0 Å². The maximum Gasteiger partial charge on any atom is 0.337 e. The lowest BCUT2D eigenvalue weighted by Gasteiger charge is -2.22. The minimum atomic E-state index is -1.01. The van der Waals surface area contributed by atoms with Crippen molar-refractivity contribution in [3.05, 3.63) is 29.8 Å². The number of rotatable bonds is 5. The summed E-state index contributed by atoms with van der Waals surface area (Å²) in [6, 6.07) is 6.53. The Kier molecular flexibility index (Phi) is 3.73. The van der Waals surface area contributed by atoms with Crippen LogP contribution in [0.5, 0.6) is 0 Å². The second kappa shape index (κ2) is 4.86. The number of carboxylic acid groups (broad SMARTS) is 1. The molecule has 5 nitrogen and oxygen atoms in total. The third-order valence-electron chi connectivity index (χ3n) is 2.55. The number of carbonyl (C=O) groups is 2. The fraction of sp³-hybridized carbons (Fsp3) is 0.333. The van der Waals surface area contributed by atoms with Gasteiger partial charge in [0.25, 0.3) is 0 Å². The molecule has 0 saturated carbocycles. The highest BCUT2D eigenvalue weighted by molar-refractivity contribution is 5.94. The molecule has 0 atom stereocenters. The van der Waals surface area contributed by atoms with Crippen molar-refractivity contribution in [2.75, 3.05) is 11.9 Å². The number of carboxylic acids is 1. The van der Waals surface area contributed by atoms with Gasteiger partial charge in [-0.15, -0.1) is 0 Å². The summed E-state index contributed by atoms with van der Waals surface area (Å²) >= 11 is 0. The van der Waals surface area contributed by atoms with Crippen LogP contribution >= 0.6 is 0 Å². The second-order valence-corrected chi connectivity index (χ2v) is 4.45. The molecule has 1 aromatic carbocycles. The number of primary amides is 1. The average Bonchev–Trinajstić information content (AvgIpc) is 2.26. The number of aromatic carboxylic acids is 1. The van der Waals surface area contributed by atoms with Crippen LogP contribution in [0.1, 0.15) is 24.2 Å². The molecule has 1 amide bonds. The Morgan fingerprint density at radius 3 is 2.47 bits per heavy atom. The Bertz CT molecular complexity index is 441. The summed E-state index contributed by atoms with van der Waals surface area (Å²) in [5.74, 6) is -1.44. The zero-order valence-electron chi connectivity index (χ0n) is 9.86. The van der Waals surface area contributed by atoms with Crippen molar-refractivity contribution in [3.8, 4) is 0 Å². The number of benzene rings is 1. The lowest BCUT2D eigenvalue weighted by atomic mass is 9.92. The number of hydrogen-bond donors (Lipinski definition) is 3. The molecule has 0 unspecified atom stereocenters. The highest BCUT2D eigenvalue weighted by Gasteiger charge is 2.25. The summed E-state index contributed by atoms with van der Waals surface area (Å²) < 4.78 is 0. The predicted molar refractivity (Wildman–Crippen MR) is 64.9 cm³/mol. The number of nitrogens with two attached hydrogens (primary N) is 1. The van der Waals surface area contributed by atoms with E-state index in [4.69, 9.17) is 10.8 Å². The minimum absolute atomic E-state index is 0.174. The van der Waals surface area contributed by atoms with Gasteiger partial charge in [-0.3, -0.25) is 4.79 Å². The van der Waals surface area contributed by atoms with Gasteiger partial charge in [0.05, 0.1) is 11.0 Å². The van der Waals surface area contributed by atoms with E-state index in [1.165, 1.54) is 6.07 Å². The number of hydrogen-bond acceptors (Lipinski definition) is 3. The van der Waals surface area contributed by atoms with Crippen LogP contribution in [0.4, 0.5) is 5.69 Å². The summed E-state index contributed by atoms with van der Waals surface area (Å²) in [6.07, 6.45) is 0. The molecular weight excluding hydrogens is 220 g/mol. The quantitative estimate of drug-likeness (QED) is 0.718. The van der Waals surface area contributed by atoms with Gasteiger partial charge in [-0.2, -0.15) is 0 Å². The zero-order valence-corrected chi connectivity index (χ0v) is 9.86. The predicted octanol–water partition coefficient (Wildman–Crippen LogP) is 1.31. The Labute approximate surface area is 99.6 Å². The van der Waals surface area contributed by atoms with E-state index in [-0.39, 0.29) is 12.1 Å². The molecule has 0 bridgehead atoms. The van der Waals surface area contributed by atoms with Crippen molar-refractivity contribution in [1.82, 2.24) is 0 Å². The van der Waals surface area contributed by atoms with Gasteiger partial charge in [0.1, 0.15) is 0 Å².